The van der Waals surface area contributed by atoms with Gasteiger partial charge >= 0.3 is 0 Å². The number of hydrogen-bond donors (Lipinski definition) is 1. The van der Waals surface area contributed by atoms with Crippen molar-refractivity contribution >= 4 is 34.1 Å². The first kappa shape index (κ1) is 15.9. The Hall–Kier alpha value is -2.31. The number of aryl methyl sites for hydroxylation is 2. The molecule has 0 amide bonds. The minimum Gasteiger partial charge on any atom is -0.454 e. The normalized spacial score (nSPS) is 14.7. The maximum absolute atomic E-state index is 5.48. The van der Waals surface area contributed by atoms with Crippen molar-refractivity contribution in [3.63, 3.8) is 0 Å². The van der Waals surface area contributed by atoms with Gasteiger partial charge in [0.15, 0.2) is 11.5 Å². The SMILES string of the molecule is Cc1ccc(-c2cc3c(s2)C(CCc2ccc4c(c2)OCO4)=NCN3)s1. The highest BCUT2D eigenvalue weighted by atomic mass is 32.1. The molecule has 1 N–H and O–H groups in total. The predicted octanol–water partition coefficient (Wildman–Crippen LogP) is 5.32. The minimum atomic E-state index is 0.320. The number of anilines is 1. The van der Waals surface area contributed by atoms with Crippen LogP contribution < -0.4 is 14.8 Å². The molecule has 0 unspecified atom stereocenters. The van der Waals surface area contributed by atoms with Crippen molar-refractivity contribution in [3.8, 4) is 21.3 Å². The van der Waals surface area contributed by atoms with Gasteiger partial charge in [0, 0.05) is 14.6 Å². The topological polar surface area (TPSA) is 42.9 Å². The number of thiophene rings is 2. The fraction of sp³-hybridized carbons (Fsp3) is 0.250. The highest BCUT2D eigenvalue weighted by molar-refractivity contribution is 7.23. The third-order valence-electron chi connectivity index (χ3n) is 4.60. The number of fused-ring (bicyclic) bond motifs is 2. The summed E-state index contributed by atoms with van der Waals surface area (Å²) >= 11 is 3.68. The number of nitrogens with one attached hydrogen (secondary N) is 1. The zero-order chi connectivity index (χ0) is 17.5. The summed E-state index contributed by atoms with van der Waals surface area (Å²) in [5, 5.41) is 3.41. The first-order valence-corrected chi connectivity index (χ1v) is 10.3. The van der Waals surface area contributed by atoms with Gasteiger partial charge in [0.25, 0.3) is 0 Å². The van der Waals surface area contributed by atoms with E-state index in [1.54, 1.807) is 0 Å². The first-order valence-electron chi connectivity index (χ1n) is 8.63. The van der Waals surface area contributed by atoms with Crippen molar-refractivity contribution in [2.24, 2.45) is 4.99 Å². The third-order valence-corrected chi connectivity index (χ3v) is 6.98. The Kier molecular flexibility index (Phi) is 3.94. The maximum Gasteiger partial charge on any atom is 0.231 e. The quantitative estimate of drug-likeness (QED) is 0.664. The zero-order valence-electron chi connectivity index (χ0n) is 14.4. The molecule has 0 bridgehead atoms. The summed E-state index contributed by atoms with van der Waals surface area (Å²) in [5.41, 5.74) is 3.66. The summed E-state index contributed by atoms with van der Waals surface area (Å²) in [5.74, 6) is 1.69. The standard InChI is InChI=1S/C20H18N2O2S2/c1-12-2-7-18(25-12)19-9-15-20(26-19)14(21-10-22-15)5-3-13-4-6-16-17(8-13)24-11-23-16/h2,4,6-9,22H,3,5,10-11H2,1H3. The maximum atomic E-state index is 5.48. The largest absolute Gasteiger partial charge is 0.454 e. The molecule has 3 aromatic rings. The van der Waals surface area contributed by atoms with Crippen LogP contribution in [-0.2, 0) is 6.42 Å². The monoisotopic (exact) mass is 382 g/mol. The second-order valence-electron chi connectivity index (χ2n) is 6.39. The van der Waals surface area contributed by atoms with Crippen LogP contribution in [0.1, 0.15) is 21.7 Å². The Bertz CT molecular complexity index is 1000. The van der Waals surface area contributed by atoms with Gasteiger partial charge in [-0.25, -0.2) is 0 Å². The second-order valence-corrected chi connectivity index (χ2v) is 8.73. The van der Waals surface area contributed by atoms with Crippen LogP contribution in [0.5, 0.6) is 11.5 Å². The third kappa shape index (κ3) is 2.89. The molecule has 2 aliphatic heterocycles. The summed E-state index contributed by atoms with van der Waals surface area (Å²) in [6.07, 6.45) is 1.87. The van der Waals surface area contributed by atoms with Crippen molar-refractivity contribution < 1.29 is 9.47 Å². The fourth-order valence-corrected chi connectivity index (χ4v) is 5.39. The highest BCUT2D eigenvalue weighted by Gasteiger charge is 2.20. The lowest BCUT2D eigenvalue weighted by molar-refractivity contribution is 0.174. The lowest BCUT2D eigenvalue weighted by atomic mass is 10.0. The Balaban J connectivity index is 1.36. The van der Waals surface area contributed by atoms with Crippen molar-refractivity contribution in [2.75, 3.05) is 18.8 Å². The number of benzene rings is 1. The average molecular weight is 383 g/mol. The van der Waals surface area contributed by atoms with Crippen LogP contribution >= 0.6 is 22.7 Å². The van der Waals surface area contributed by atoms with Gasteiger partial charge in [-0.3, -0.25) is 4.99 Å². The number of aliphatic imine (C=N–C) groups is 1. The summed E-state index contributed by atoms with van der Waals surface area (Å²) in [6.45, 7) is 3.13. The number of hydrogen-bond acceptors (Lipinski definition) is 6. The van der Waals surface area contributed by atoms with E-state index >= 15 is 0 Å². The predicted molar refractivity (Wildman–Crippen MR) is 108 cm³/mol. The molecule has 0 fully saturated rings. The molecule has 4 nitrogen and oxygen atoms in total. The first-order chi connectivity index (χ1) is 12.8. The van der Waals surface area contributed by atoms with E-state index < -0.39 is 0 Å². The highest BCUT2D eigenvalue weighted by Crippen LogP contribution is 2.40. The molecule has 0 atom stereocenters. The molecule has 0 spiro atoms. The number of nitrogens with zero attached hydrogens (tertiary/aromatic N) is 1. The van der Waals surface area contributed by atoms with Gasteiger partial charge in [-0.1, -0.05) is 6.07 Å². The number of rotatable bonds is 4. The van der Waals surface area contributed by atoms with E-state index in [0.29, 0.717) is 13.5 Å². The number of ether oxygens (including phenoxy) is 2. The van der Waals surface area contributed by atoms with Crippen LogP contribution in [0.15, 0.2) is 41.4 Å². The van der Waals surface area contributed by atoms with E-state index in [9.17, 15) is 0 Å². The fourth-order valence-electron chi connectivity index (χ4n) is 3.27. The van der Waals surface area contributed by atoms with Crippen LogP contribution in [0.4, 0.5) is 5.69 Å². The van der Waals surface area contributed by atoms with Crippen molar-refractivity contribution in [1.82, 2.24) is 0 Å². The molecule has 1 aromatic carbocycles. The Morgan fingerprint density at radius 2 is 1.92 bits per heavy atom. The van der Waals surface area contributed by atoms with E-state index in [0.717, 1.165) is 24.3 Å². The van der Waals surface area contributed by atoms with Crippen molar-refractivity contribution in [2.45, 2.75) is 19.8 Å². The van der Waals surface area contributed by atoms with Gasteiger partial charge in [0.1, 0.15) is 6.67 Å². The van der Waals surface area contributed by atoms with E-state index in [4.69, 9.17) is 14.5 Å². The van der Waals surface area contributed by atoms with E-state index in [-0.39, 0.29) is 0 Å². The van der Waals surface area contributed by atoms with Gasteiger partial charge in [-0.15, -0.1) is 22.7 Å². The van der Waals surface area contributed by atoms with Crippen LogP contribution in [0.3, 0.4) is 0 Å². The average Bonchev–Trinajstić information content (AvgIpc) is 3.37. The van der Waals surface area contributed by atoms with Crippen molar-refractivity contribution in [3.05, 3.63) is 51.7 Å². The van der Waals surface area contributed by atoms with E-state index in [2.05, 4.69) is 42.6 Å². The van der Waals surface area contributed by atoms with Gasteiger partial charge in [0.05, 0.1) is 16.3 Å². The lowest BCUT2D eigenvalue weighted by Gasteiger charge is -2.14. The molecule has 132 valence electrons. The minimum absolute atomic E-state index is 0.320. The molecule has 26 heavy (non-hydrogen) atoms. The molecule has 2 aromatic heterocycles. The van der Waals surface area contributed by atoms with E-state index in [1.807, 2.05) is 28.7 Å². The van der Waals surface area contributed by atoms with Gasteiger partial charge in [-0.05, 0) is 55.7 Å². The summed E-state index contributed by atoms with van der Waals surface area (Å²) in [6, 6.07) is 12.8. The molecule has 0 aliphatic carbocycles. The molecule has 2 aliphatic rings. The van der Waals surface area contributed by atoms with Crippen LogP contribution in [0.25, 0.3) is 9.75 Å². The Morgan fingerprint density at radius 1 is 1.00 bits per heavy atom. The van der Waals surface area contributed by atoms with Gasteiger partial charge in [0.2, 0.25) is 6.79 Å². The Morgan fingerprint density at radius 3 is 2.81 bits per heavy atom. The van der Waals surface area contributed by atoms with Gasteiger partial charge in [-0.2, -0.15) is 0 Å². The van der Waals surface area contributed by atoms with Gasteiger partial charge < -0.3 is 14.8 Å². The van der Waals surface area contributed by atoms with Crippen molar-refractivity contribution in [1.29, 1.82) is 0 Å². The molecular formula is C20H18N2O2S2. The molecule has 0 saturated heterocycles. The Labute approximate surface area is 160 Å². The molecule has 5 rings (SSSR count). The summed E-state index contributed by atoms with van der Waals surface area (Å²) in [4.78, 5) is 10.0. The molecular weight excluding hydrogens is 364 g/mol. The summed E-state index contributed by atoms with van der Waals surface area (Å²) < 4.78 is 10.9. The van der Waals surface area contributed by atoms with Crippen LogP contribution in [0.2, 0.25) is 0 Å². The molecule has 0 saturated carbocycles. The molecule has 0 radical (unpaired) electrons. The zero-order valence-corrected chi connectivity index (χ0v) is 16.0. The van der Waals surface area contributed by atoms with Crippen LogP contribution in [0, 0.1) is 6.92 Å². The molecule has 4 heterocycles. The second kappa shape index (κ2) is 6.45. The van der Waals surface area contributed by atoms with Crippen LogP contribution in [-0.4, -0.2) is 19.2 Å². The molecule has 6 heteroatoms. The smallest absolute Gasteiger partial charge is 0.231 e. The lowest BCUT2D eigenvalue weighted by Crippen LogP contribution is -2.13. The van der Waals surface area contributed by atoms with E-state index in [1.165, 1.54) is 36.5 Å². The summed E-state index contributed by atoms with van der Waals surface area (Å²) in [7, 11) is 0.